The van der Waals surface area contributed by atoms with Crippen molar-refractivity contribution in [3.8, 4) is 11.1 Å². The lowest BCUT2D eigenvalue weighted by Crippen LogP contribution is -2.29. The van der Waals surface area contributed by atoms with Gasteiger partial charge in [0.1, 0.15) is 13.2 Å². The highest BCUT2D eigenvalue weighted by Crippen LogP contribution is 2.60. The van der Waals surface area contributed by atoms with Crippen molar-refractivity contribution in [3.05, 3.63) is 45.2 Å². The number of methoxy groups -OCH3 is 1. The summed E-state index contributed by atoms with van der Waals surface area (Å²) >= 11 is 12.7. The van der Waals surface area contributed by atoms with Crippen LogP contribution in [-0.2, 0) is 13.8 Å². The van der Waals surface area contributed by atoms with Crippen molar-refractivity contribution < 1.29 is 23.5 Å². The number of benzene rings is 1. The molecule has 9 heteroatoms. The van der Waals surface area contributed by atoms with E-state index in [1.165, 1.54) is 7.11 Å². The van der Waals surface area contributed by atoms with Gasteiger partial charge in [0, 0.05) is 12.0 Å². The summed E-state index contributed by atoms with van der Waals surface area (Å²) in [5.41, 5.74) is 1.96. The maximum Gasteiger partial charge on any atom is 0.448 e. The molecule has 144 valence electrons. The van der Waals surface area contributed by atoms with E-state index in [2.05, 4.69) is 4.98 Å². The molecule has 1 N–H and O–H groups in total. The Kier molecular flexibility index (Phi) is 6.06. The molecule has 0 unspecified atom stereocenters. The Labute approximate surface area is 168 Å². The topological polar surface area (TPSA) is 77.9 Å². The highest BCUT2D eigenvalue weighted by molar-refractivity contribution is 7.69. The smallest absolute Gasteiger partial charge is 0.448 e. The summed E-state index contributed by atoms with van der Waals surface area (Å²) < 4.78 is 16.3. The molecule has 1 fully saturated rings. The standard InChI is InChI=1S/C18H19Cl2NO5P/c1-10-14(18(22)24-3)15(12-6-4-7-13(19)16(12)20)17(11(2)21-10)27(23)25-8-5-9-26-27/h4,6-7,23H,5,8-9H2,1-3H3/q+1. The zero-order chi connectivity index (χ0) is 19.8. The number of nitrogens with zero attached hydrogens (tertiary/aromatic N) is 1. The highest BCUT2D eigenvalue weighted by atomic mass is 35.5. The predicted molar refractivity (Wildman–Crippen MR) is 106 cm³/mol. The van der Waals surface area contributed by atoms with Crippen molar-refractivity contribution in [2.24, 2.45) is 0 Å². The maximum absolute atomic E-state index is 12.6. The Hall–Kier alpha value is -1.27. The van der Waals surface area contributed by atoms with Crippen LogP contribution in [0.25, 0.3) is 11.1 Å². The summed E-state index contributed by atoms with van der Waals surface area (Å²) in [5, 5.41) is 0.885. The fourth-order valence-corrected chi connectivity index (χ4v) is 5.55. The largest absolute Gasteiger partial charge is 0.465 e. The molecule has 1 aromatic heterocycles. The van der Waals surface area contributed by atoms with E-state index >= 15 is 0 Å². The van der Waals surface area contributed by atoms with Crippen molar-refractivity contribution in [2.75, 3.05) is 20.3 Å². The fourth-order valence-electron chi connectivity index (χ4n) is 3.10. The molecule has 0 saturated carbocycles. The van der Waals surface area contributed by atoms with Gasteiger partial charge < -0.3 is 4.74 Å². The van der Waals surface area contributed by atoms with Gasteiger partial charge in [-0.15, -0.1) is 0 Å². The van der Waals surface area contributed by atoms with Crippen LogP contribution in [0.4, 0.5) is 0 Å². The van der Waals surface area contributed by atoms with Gasteiger partial charge in [0.15, 0.2) is 0 Å². The Bertz CT molecular complexity index is 900. The van der Waals surface area contributed by atoms with Gasteiger partial charge in [-0.2, -0.15) is 13.9 Å². The molecule has 1 saturated heterocycles. The van der Waals surface area contributed by atoms with Crippen LogP contribution in [-0.4, -0.2) is 36.2 Å². The van der Waals surface area contributed by atoms with Crippen LogP contribution < -0.4 is 5.30 Å². The maximum atomic E-state index is 12.6. The third-order valence-electron chi connectivity index (χ3n) is 4.24. The molecule has 0 atom stereocenters. The summed E-state index contributed by atoms with van der Waals surface area (Å²) in [5.74, 6) is -0.601. The lowest BCUT2D eigenvalue weighted by atomic mass is 9.98. The van der Waals surface area contributed by atoms with Gasteiger partial charge in [0.2, 0.25) is 5.30 Å². The number of ether oxygens (including phenoxy) is 1. The Balaban J connectivity index is 2.43. The van der Waals surface area contributed by atoms with Crippen LogP contribution in [0.3, 0.4) is 0 Å². The lowest BCUT2D eigenvalue weighted by Gasteiger charge is -2.25. The van der Waals surface area contributed by atoms with Gasteiger partial charge in [-0.1, -0.05) is 35.3 Å². The molecule has 6 nitrogen and oxygen atoms in total. The molecular weight excluding hydrogens is 412 g/mol. The van der Waals surface area contributed by atoms with Crippen molar-refractivity contribution in [2.45, 2.75) is 20.3 Å². The summed E-state index contributed by atoms with van der Waals surface area (Å²) in [6, 6.07) is 5.07. The number of aromatic nitrogens is 1. The Morgan fingerprint density at radius 1 is 1.22 bits per heavy atom. The zero-order valence-electron chi connectivity index (χ0n) is 15.1. The van der Waals surface area contributed by atoms with Gasteiger partial charge in [-0.25, -0.2) is 4.79 Å². The summed E-state index contributed by atoms with van der Waals surface area (Å²) in [6.45, 7) is 4.10. The van der Waals surface area contributed by atoms with Crippen LogP contribution >= 0.6 is 31.1 Å². The van der Waals surface area contributed by atoms with Gasteiger partial charge in [-0.05, 0) is 19.9 Å². The third-order valence-corrected chi connectivity index (χ3v) is 7.24. The van der Waals surface area contributed by atoms with Crippen molar-refractivity contribution in [1.82, 2.24) is 4.98 Å². The van der Waals surface area contributed by atoms with Crippen LogP contribution in [0.1, 0.15) is 28.2 Å². The molecule has 2 aromatic rings. The molecular formula is C18H19Cl2NO5P+. The second-order valence-corrected chi connectivity index (χ2v) is 8.80. The zero-order valence-corrected chi connectivity index (χ0v) is 17.5. The van der Waals surface area contributed by atoms with Crippen LogP contribution in [0.5, 0.6) is 0 Å². The quantitative estimate of drug-likeness (QED) is 0.578. The van der Waals surface area contributed by atoms with E-state index in [1.54, 1.807) is 32.0 Å². The summed E-state index contributed by atoms with van der Waals surface area (Å²) in [7, 11) is -2.18. The predicted octanol–water partition coefficient (Wildman–Crippen LogP) is 4.28. The number of aryl methyl sites for hydroxylation is 2. The minimum Gasteiger partial charge on any atom is -0.465 e. The number of pyridine rings is 1. The van der Waals surface area contributed by atoms with E-state index < -0.39 is 13.9 Å². The average Bonchev–Trinajstić information content (AvgIpc) is 2.63. The average molecular weight is 431 g/mol. The second-order valence-electron chi connectivity index (χ2n) is 6.01. The van der Waals surface area contributed by atoms with E-state index in [1.807, 2.05) is 0 Å². The molecule has 27 heavy (non-hydrogen) atoms. The van der Waals surface area contributed by atoms with Crippen LogP contribution in [0.2, 0.25) is 10.0 Å². The molecule has 0 amide bonds. The minimum atomic E-state index is -3.46. The van der Waals surface area contributed by atoms with Gasteiger partial charge in [0.25, 0.3) is 0 Å². The number of carbonyl (C=O) groups is 1. The first kappa shape index (κ1) is 20.5. The molecule has 2 heterocycles. The van der Waals surface area contributed by atoms with Crippen molar-refractivity contribution in [3.63, 3.8) is 0 Å². The van der Waals surface area contributed by atoms with Crippen molar-refractivity contribution >= 4 is 42.4 Å². The van der Waals surface area contributed by atoms with E-state index in [9.17, 15) is 9.69 Å². The number of halogens is 2. The lowest BCUT2D eigenvalue weighted by molar-refractivity contribution is 0.0600. The Morgan fingerprint density at radius 3 is 2.52 bits per heavy atom. The van der Waals surface area contributed by atoms with Gasteiger partial charge in [0.05, 0.1) is 39.7 Å². The Morgan fingerprint density at radius 2 is 1.89 bits per heavy atom. The van der Waals surface area contributed by atoms with Crippen LogP contribution in [0.15, 0.2) is 18.2 Å². The van der Waals surface area contributed by atoms with E-state index in [0.29, 0.717) is 52.5 Å². The SMILES string of the molecule is COC(=O)c1c(C)nc(C)c([P+]2(O)OCCCO2)c1-c1cccc(Cl)c1Cl. The first-order valence-electron chi connectivity index (χ1n) is 8.25. The third kappa shape index (κ3) is 3.70. The minimum absolute atomic E-state index is 0.188. The summed E-state index contributed by atoms with van der Waals surface area (Å²) in [6.07, 6.45) is 0.664. The van der Waals surface area contributed by atoms with Gasteiger partial charge >= 0.3 is 13.9 Å². The number of hydrogen-bond acceptors (Lipinski definition) is 6. The molecule has 1 aliphatic heterocycles. The fraction of sp³-hybridized carbons (Fsp3) is 0.333. The first-order valence-corrected chi connectivity index (χ1v) is 10.6. The molecule has 0 radical (unpaired) electrons. The number of carbonyl (C=O) groups excluding carboxylic acids is 1. The normalized spacial score (nSPS) is 16.2. The molecule has 1 aromatic carbocycles. The molecule has 0 spiro atoms. The molecule has 0 bridgehead atoms. The van der Waals surface area contributed by atoms with Crippen LogP contribution in [0, 0.1) is 13.8 Å². The summed E-state index contributed by atoms with van der Waals surface area (Å²) in [4.78, 5) is 28.2. The molecule has 3 rings (SSSR count). The number of rotatable bonds is 3. The number of esters is 1. The van der Waals surface area contributed by atoms with E-state index in [-0.39, 0.29) is 10.6 Å². The van der Waals surface area contributed by atoms with E-state index in [0.717, 1.165) is 0 Å². The monoisotopic (exact) mass is 430 g/mol. The second kappa shape index (κ2) is 8.00. The highest BCUT2D eigenvalue weighted by Gasteiger charge is 2.52. The molecule has 0 aliphatic carbocycles. The number of hydrogen-bond donors (Lipinski definition) is 1. The van der Waals surface area contributed by atoms with Gasteiger partial charge in [-0.3, -0.25) is 4.98 Å². The van der Waals surface area contributed by atoms with Crippen molar-refractivity contribution in [1.29, 1.82) is 0 Å². The first-order chi connectivity index (χ1) is 12.8. The van der Waals surface area contributed by atoms with E-state index in [4.69, 9.17) is 37.0 Å². The molecule has 1 aliphatic rings.